The minimum absolute atomic E-state index is 0.0847. The maximum atomic E-state index is 14.5. The number of carbonyl (C=O) groups is 19. The fourth-order valence-electron chi connectivity index (χ4n) is 11.0. The van der Waals surface area contributed by atoms with Gasteiger partial charge in [-0.3, -0.25) is 97.1 Å². The summed E-state index contributed by atoms with van der Waals surface area (Å²) in [5.74, 6) is -25.3. The van der Waals surface area contributed by atoms with E-state index in [2.05, 4.69) is 84.7 Å². The first-order chi connectivity index (χ1) is 56.2. The van der Waals surface area contributed by atoms with E-state index in [1.54, 1.807) is 31.2 Å². The Morgan fingerprint density at radius 1 is 0.442 bits per heavy atom. The Morgan fingerprint density at radius 3 is 1.33 bits per heavy atom. The molecular weight excluding hydrogens is 1630 g/mol. The van der Waals surface area contributed by atoms with Crippen molar-refractivity contribution in [2.75, 3.05) is 42.6 Å². The van der Waals surface area contributed by atoms with Crippen molar-refractivity contribution in [3.8, 4) is 0 Å². The monoisotopic (exact) mass is 1740 g/mol. The summed E-state index contributed by atoms with van der Waals surface area (Å²) in [6, 6.07) is -16.5. The van der Waals surface area contributed by atoms with Gasteiger partial charge >= 0.3 is 11.9 Å². The van der Waals surface area contributed by atoms with Gasteiger partial charge in [-0.2, -0.15) is 0 Å². The number of aromatic amines is 1. The van der Waals surface area contributed by atoms with Gasteiger partial charge < -0.3 is 150 Å². The number of primary amides is 4. The Balaban J connectivity index is 2.54. The molecule has 0 saturated heterocycles. The van der Waals surface area contributed by atoms with Crippen LogP contribution in [0.15, 0.2) is 30.5 Å². The van der Waals surface area contributed by atoms with E-state index in [0.717, 1.165) is 44.3 Å². The molecule has 17 atom stereocenters. The van der Waals surface area contributed by atoms with E-state index in [1.807, 2.05) is 0 Å². The smallest absolute Gasteiger partial charge is 0.327 e. The Bertz CT molecular complexity index is 3990. The van der Waals surface area contributed by atoms with Gasteiger partial charge in [0.25, 0.3) is 0 Å². The lowest BCUT2D eigenvalue weighted by atomic mass is 9.96. The van der Waals surface area contributed by atoms with Gasteiger partial charge in [-0.05, 0) is 77.3 Å². The average molecular weight is 1740 g/mol. The summed E-state index contributed by atoms with van der Waals surface area (Å²) in [7, 11) is 0. The summed E-state index contributed by atoms with van der Waals surface area (Å²) >= 11 is 1.72. The van der Waals surface area contributed by atoms with E-state index in [1.165, 1.54) is 20.0 Å². The highest BCUT2D eigenvalue weighted by Crippen LogP contribution is 2.20. The number of carbonyl (C=O) groups excluding carboxylic acids is 17. The molecule has 0 radical (unpaired) electrons. The number of nitrogens with two attached hydrogens (primary N) is 7. The highest BCUT2D eigenvalue weighted by atomic mass is 32.2. The predicted octanol–water partition coefficient (Wildman–Crippen LogP) is -12.2. The number of aliphatic carboxylic acids is 2. The lowest BCUT2D eigenvalue weighted by molar-refractivity contribution is -0.142. The molecule has 0 aliphatic heterocycles. The number of rotatable bonds is 57. The number of carboxylic acids is 2. The van der Waals surface area contributed by atoms with Crippen molar-refractivity contribution in [1.29, 1.82) is 10.8 Å². The van der Waals surface area contributed by atoms with E-state index < -0.39 is 272 Å². The summed E-state index contributed by atoms with van der Waals surface area (Å²) in [6.07, 6.45) is -8.62. The molecule has 0 bridgehead atoms. The molecule has 51 heteroatoms. The number of hydrogen-bond donors (Lipinski definition) is 30. The number of thioether (sulfide) groups is 2. The number of para-hydroxylation sites is 1. The molecule has 668 valence electrons. The third kappa shape index (κ3) is 38.4. The minimum Gasteiger partial charge on any atom is -0.481 e. The largest absolute Gasteiger partial charge is 0.481 e. The summed E-state index contributed by atoms with van der Waals surface area (Å²) < 4.78 is 0. The van der Waals surface area contributed by atoms with Crippen molar-refractivity contribution < 1.29 is 117 Å². The number of hydrogen-bond acceptors (Lipinski definition) is 27. The third-order valence-electron chi connectivity index (χ3n) is 17.5. The molecule has 1 heterocycles. The van der Waals surface area contributed by atoms with Gasteiger partial charge in [0, 0.05) is 54.5 Å². The van der Waals surface area contributed by atoms with Crippen molar-refractivity contribution >= 4 is 159 Å². The average Bonchev–Trinajstić information content (AvgIpc) is 1.66. The Kier molecular flexibility index (Phi) is 45.5. The van der Waals surface area contributed by atoms with Gasteiger partial charge in [-0.15, -0.1) is 23.5 Å². The second kappa shape index (κ2) is 52.5. The Labute approximate surface area is 695 Å². The van der Waals surface area contributed by atoms with Crippen LogP contribution in [0.3, 0.4) is 0 Å². The van der Waals surface area contributed by atoms with Gasteiger partial charge in [0.15, 0.2) is 11.9 Å². The lowest BCUT2D eigenvalue weighted by Crippen LogP contribution is -2.62. The summed E-state index contributed by atoms with van der Waals surface area (Å²) in [6.45, 7) is 6.14. The summed E-state index contributed by atoms with van der Waals surface area (Å²) in [5.41, 5.74) is 38.7. The van der Waals surface area contributed by atoms with Crippen molar-refractivity contribution in [2.45, 2.75) is 203 Å². The SMILES string of the molecule is CC[C@H](C)[C@H](NC(=O)[C@@H](NC(=O)CNC(=O)[C@H](Cc1c[nH]c2ccccc12)NC(=O)[C@@H](NC(=O)[C@H](CC(=O)O)NC(=O)[C@H](CCCNC(=N)N)NC(=O)[C@H](CC(N)=O)NC(=O)[C@H](CCCNC(=N)N)NC(=O)[C@@H](NC(=O)[C@H](C)NC(=O)[C@@H](N)CSCC(N)=O)[C@@H](C)O)[C@@H](C)O)[C@@H](C)O)C(=O)N[C@@H](CCC(N)=O)C(=O)N[C@@H](CSCC(N)=O)C(=O)O. The Morgan fingerprint density at radius 2 is 0.858 bits per heavy atom. The molecule has 2 rings (SSSR count). The standard InChI is InChI=1S/C69H111N25O24S2/c1-7-29(2)51(63(113)86-40(16-17-45(71)98)60(110)90-44(67(117)118)26-120-28-48(74)101)92-66(116)52(31(4)95)91-49(102)24-82-57(107)41(20-34-23-81-37-13-9-8-12-35(34)37)89-65(115)54(33(6)97)94-62(112)43(22-50(103)104)88-58(108)38(14-10-18-79-68(75)76)84-61(111)42(21-46(72)99)87-59(109)39(15-11-19-80-69(77)78)85-64(114)53(32(5)96)93-55(105)30(3)83-56(106)36(70)25-119-27-47(73)100/h8-9,12-13,23,29-33,36,38-44,51-54,81,95-97H,7,10-11,14-22,24-28,70H2,1-6H3,(H2,71,98)(H2,72,99)(H2,73,100)(H2,74,101)(H,82,107)(H,83,106)(H,84,111)(H,85,114)(H,86,113)(H,87,109)(H,88,108)(H,89,115)(H,90,110)(H,91,102)(H,92,116)(H,93,105)(H,94,112)(H,103,104)(H,117,118)(H4,75,76,79)(H4,77,78,80)/t29-,30-,31+,32+,33+,36-,38-,39-,40-,41-,42-,43-,44-,51-,52-,53-,54-/m0/s1. The van der Waals surface area contributed by atoms with E-state index in [-0.39, 0.29) is 61.8 Å². The normalized spacial score (nSPS) is 15.3. The van der Waals surface area contributed by atoms with Crippen LogP contribution in [0, 0.1) is 16.7 Å². The number of carboxylic acid groups (broad SMARTS) is 2. The molecule has 0 spiro atoms. The van der Waals surface area contributed by atoms with E-state index in [4.69, 9.17) is 51.0 Å². The number of fused-ring (bicyclic) bond motifs is 1. The highest BCUT2D eigenvalue weighted by Gasteiger charge is 2.40. The fourth-order valence-corrected chi connectivity index (χ4v) is 12.5. The van der Waals surface area contributed by atoms with E-state index in [0.29, 0.717) is 16.5 Å². The number of nitrogens with one attached hydrogen (secondary N) is 18. The van der Waals surface area contributed by atoms with Crippen LogP contribution < -0.4 is 120 Å². The van der Waals surface area contributed by atoms with Crippen LogP contribution in [-0.2, 0) is 97.5 Å². The van der Waals surface area contributed by atoms with Gasteiger partial charge in [0.2, 0.25) is 100 Å². The molecule has 0 unspecified atom stereocenters. The van der Waals surface area contributed by atoms with Crippen LogP contribution in [0.5, 0.6) is 0 Å². The number of guanidine groups is 2. The fraction of sp³-hybridized carbons (Fsp3) is 0.580. The van der Waals surface area contributed by atoms with Gasteiger partial charge in [0.05, 0.1) is 55.2 Å². The second-order valence-corrected chi connectivity index (χ2v) is 29.8. The van der Waals surface area contributed by atoms with Gasteiger partial charge in [0.1, 0.15) is 72.5 Å². The van der Waals surface area contributed by atoms with Crippen LogP contribution in [0.4, 0.5) is 0 Å². The predicted molar refractivity (Wildman–Crippen MR) is 430 cm³/mol. The van der Waals surface area contributed by atoms with Crippen molar-refractivity contribution in [3.05, 3.63) is 36.0 Å². The van der Waals surface area contributed by atoms with E-state index >= 15 is 0 Å². The Hall–Kier alpha value is -12.2. The van der Waals surface area contributed by atoms with Crippen LogP contribution in [-0.4, -0.2) is 294 Å². The first-order valence-electron chi connectivity index (χ1n) is 37.3. The van der Waals surface area contributed by atoms with Crippen molar-refractivity contribution in [2.24, 2.45) is 46.1 Å². The topological polar surface area (TPSA) is 852 Å². The highest BCUT2D eigenvalue weighted by molar-refractivity contribution is 8.00. The summed E-state index contributed by atoms with van der Waals surface area (Å²) in [5, 5.41) is 103. The summed E-state index contributed by atoms with van der Waals surface area (Å²) in [4.78, 5) is 256. The van der Waals surface area contributed by atoms with Gasteiger partial charge in [-0.1, -0.05) is 38.5 Å². The van der Waals surface area contributed by atoms with Crippen LogP contribution >= 0.6 is 23.5 Å². The van der Waals surface area contributed by atoms with Crippen LogP contribution in [0.25, 0.3) is 10.9 Å². The number of aliphatic hydroxyl groups excluding tert-OH is 3. The molecule has 2 aromatic rings. The molecule has 0 fully saturated rings. The molecule has 0 aliphatic rings. The van der Waals surface area contributed by atoms with Crippen LogP contribution in [0.2, 0.25) is 0 Å². The molecular formula is C69H111N25O24S2. The van der Waals surface area contributed by atoms with Crippen molar-refractivity contribution in [3.63, 3.8) is 0 Å². The molecule has 49 nitrogen and oxygen atoms in total. The second-order valence-electron chi connectivity index (χ2n) is 27.7. The molecule has 120 heavy (non-hydrogen) atoms. The molecule has 1 aromatic carbocycles. The lowest BCUT2D eigenvalue weighted by Gasteiger charge is -2.29. The zero-order valence-electron chi connectivity index (χ0n) is 66.6. The number of H-pyrrole nitrogens is 1. The molecule has 17 amide bonds. The molecule has 1 aromatic heterocycles. The quantitative estimate of drug-likeness (QED) is 0.0166. The zero-order valence-corrected chi connectivity index (χ0v) is 68.2. The number of benzene rings is 1. The number of aliphatic hydroxyl groups is 3. The maximum absolute atomic E-state index is 14.5. The zero-order chi connectivity index (χ0) is 91.0. The molecule has 37 N–H and O–H groups in total. The molecule has 0 saturated carbocycles. The van der Waals surface area contributed by atoms with E-state index in [9.17, 15) is 117 Å². The maximum Gasteiger partial charge on any atom is 0.327 e. The number of amides is 17. The van der Waals surface area contributed by atoms with Crippen LogP contribution in [0.1, 0.15) is 105 Å². The van der Waals surface area contributed by atoms with Crippen molar-refractivity contribution in [1.82, 2.24) is 84.7 Å². The molecule has 0 aliphatic carbocycles. The minimum atomic E-state index is -2.23. The first-order valence-corrected chi connectivity index (χ1v) is 39.6. The number of aromatic nitrogens is 1. The first kappa shape index (κ1) is 104. The third-order valence-corrected chi connectivity index (χ3v) is 19.7. The van der Waals surface area contributed by atoms with Gasteiger partial charge in [-0.25, -0.2) is 4.79 Å².